The number of carbonyl (C=O) groups excluding carboxylic acids is 1. The van der Waals surface area contributed by atoms with E-state index in [1.165, 1.54) is 12.4 Å². The predicted octanol–water partition coefficient (Wildman–Crippen LogP) is 5.33. The molecule has 37 heavy (non-hydrogen) atoms. The van der Waals surface area contributed by atoms with Crippen LogP contribution in [-0.2, 0) is 0 Å². The first-order valence-corrected chi connectivity index (χ1v) is 12.6. The summed E-state index contributed by atoms with van der Waals surface area (Å²) in [7, 11) is 0. The second-order valence-corrected chi connectivity index (χ2v) is 10.0. The molecular weight excluding hydrogens is 494 g/mol. The van der Waals surface area contributed by atoms with Crippen LogP contribution in [0.5, 0.6) is 0 Å². The summed E-state index contributed by atoms with van der Waals surface area (Å²) in [5, 5.41) is 7.20. The van der Waals surface area contributed by atoms with Gasteiger partial charge in [0, 0.05) is 28.3 Å². The fraction of sp³-hybridized carbons (Fsp3) is 0.185. The van der Waals surface area contributed by atoms with Gasteiger partial charge in [0.05, 0.1) is 17.1 Å². The molecule has 2 aromatic heterocycles. The number of amides is 1. The van der Waals surface area contributed by atoms with E-state index in [4.69, 9.17) is 5.73 Å². The van der Waals surface area contributed by atoms with E-state index in [2.05, 4.69) is 31.7 Å². The Bertz CT molecular complexity index is 1510. The minimum Gasteiger partial charge on any atom is -0.383 e. The maximum Gasteiger partial charge on any atom is 0.255 e. The molecule has 188 valence electrons. The van der Waals surface area contributed by atoms with Gasteiger partial charge < -0.3 is 16.4 Å². The first-order chi connectivity index (χ1) is 17.9. The van der Waals surface area contributed by atoms with Crippen LogP contribution in [0.25, 0.3) is 15.8 Å². The third kappa shape index (κ3) is 5.39. The highest BCUT2D eigenvalue weighted by Crippen LogP contribution is 2.40. The van der Waals surface area contributed by atoms with Gasteiger partial charge in [0.2, 0.25) is 0 Å². The van der Waals surface area contributed by atoms with E-state index < -0.39 is 17.7 Å². The average molecular weight is 519 g/mol. The Morgan fingerprint density at radius 2 is 2.00 bits per heavy atom. The Morgan fingerprint density at radius 1 is 1.14 bits per heavy atom. The quantitative estimate of drug-likeness (QED) is 0.303. The van der Waals surface area contributed by atoms with E-state index in [0.717, 1.165) is 39.9 Å². The Morgan fingerprint density at radius 3 is 2.84 bits per heavy atom. The summed E-state index contributed by atoms with van der Waals surface area (Å²) in [5.41, 5.74) is 8.72. The summed E-state index contributed by atoms with van der Waals surface area (Å²) < 4.78 is 26.9. The zero-order valence-electron chi connectivity index (χ0n) is 19.9. The van der Waals surface area contributed by atoms with Crippen LogP contribution in [0.2, 0.25) is 0 Å². The molecular formula is C27H24F2N6OS. The number of hydrogen-bond acceptors (Lipinski definition) is 7. The molecule has 0 saturated carbocycles. The Balaban J connectivity index is 1.22. The number of nitrogens with zero attached hydrogens (tertiary/aromatic N) is 3. The second kappa shape index (κ2) is 10.5. The van der Waals surface area contributed by atoms with Crippen LogP contribution in [0.1, 0.15) is 40.9 Å². The number of aromatic nitrogens is 3. The van der Waals surface area contributed by atoms with Gasteiger partial charge >= 0.3 is 0 Å². The number of benzene rings is 2. The van der Waals surface area contributed by atoms with E-state index in [0.29, 0.717) is 29.3 Å². The zero-order valence-corrected chi connectivity index (χ0v) is 20.7. The Hall–Kier alpha value is -4.05. The molecule has 2 aromatic carbocycles. The van der Waals surface area contributed by atoms with Gasteiger partial charge in [0.25, 0.3) is 5.91 Å². The molecule has 0 spiro atoms. The van der Waals surface area contributed by atoms with Crippen LogP contribution in [0.4, 0.5) is 20.4 Å². The molecule has 0 radical (unpaired) electrons. The fourth-order valence-electron chi connectivity index (χ4n) is 4.13. The Kier molecular flexibility index (Phi) is 7.00. The van der Waals surface area contributed by atoms with Crippen LogP contribution >= 0.6 is 11.8 Å². The van der Waals surface area contributed by atoms with Crippen molar-refractivity contribution in [2.45, 2.75) is 24.6 Å². The highest BCUT2D eigenvalue weighted by atomic mass is 32.2. The molecule has 0 bridgehead atoms. The molecule has 10 heteroatoms. The summed E-state index contributed by atoms with van der Waals surface area (Å²) in [6, 6.07) is 12.4. The molecule has 1 unspecified atom stereocenters. The number of nitrogens with one attached hydrogen (secondary N) is 2. The largest absolute Gasteiger partial charge is 0.383 e. The van der Waals surface area contributed by atoms with E-state index >= 15 is 0 Å². The molecule has 4 N–H and O–H groups in total. The minimum absolute atomic E-state index is 0.245. The average Bonchev–Trinajstić information content (AvgIpc) is 3.38. The molecule has 5 rings (SSSR count). The molecule has 1 amide bonds. The lowest BCUT2D eigenvalue weighted by Crippen LogP contribution is -2.28. The van der Waals surface area contributed by atoms with Crippen molar-refractivity contribution in [3.63, 3.8) is 0 Å². The molecule has 0 saturated heterocycles. The number of nitrogens with two attached hydrogens (primary N) is 1. The lowest BCUT2D eigenvalue weighted by atomic mass is 10.1. The van der Waals surface area contributed by atoms with Gasteiger partial charge in [-0.2, -0.15) is 0 Å². The van der Waals surface area contributed by atoms with Crippen LogP contribution in [0.15, 0.2) is 67.1 Å². The molecule has 3 heterocycles. The highest BCUT2D eigenvalue weighted by Gasteiger charge is 2.22. The zero-order chi connectivity index (χ0) is 25.9. The number of fused-ring (bicyclic) bond motifs is 1. The molecule has 2 atom stereocenters. The summed E-state index contributed by atoms with van der Waals surface area (Å²) >= 11 is 1.74. The molecule has 1 aliphatic rings. The lowest BCUT2D eigenvalue weighted by molar-refractivity contribution is 0.0940. The van der Waals surface area contributed by atoms with Crippen molar-refractivity contribution in [1.29, 1.82) is 0 Å². The number of anilines is 2. The first kappa shape index (κ1) is 24.6. The summed E-state index contributed by atoms with van der Waals surface area (Å²) in [5.74, 6) is -1.33. The fourth-order valence-corrected chi connectivity index (χ4v) is 5.31. The summed E-state index contributed by atoms with van der Waals surface area (Å²) in [6.07, 6.45) is 6.12. The molecule has 7 nitrogen and oxygen atoms in total. The van der Waals surface area contributed by atoms with Gasteiger partial charge in [-0.25, -0.2) is 23.7 Å². The van der Waals surface area contributed by atoms with E-state index in [1.54, 1.807) is 37.0 Å². The predicted molar refractivity (Wildman–Crippen MR) is 143 cm³/mol. The third-order valence-electron chi connectivity index (χ3n) is 6.15. The van der Waals surface area contributed by atoms with Crippen molar-refractivity contribution in [2.75, 3.05) is 17.6 Å². The summed E-state index contributed by atoms with van der Waals surface area (Å²) in [6.45, 7) is 2.31. The number of halogens is 2. The number of rotatable bonds is 7. The van der Waals surface area contributed by atoms with Crippen LogP contribution in [0.3, 0.4) is 0 Å². The third-order valence-corrected chi connectivity index (χ3v) is 7.50. The van der Waals surface area contributed by atoms with Crippen molar-refractivity contribution in [2.24, 2.45) is 0 Å². The number of allylic oxidation sites excluding steroid dienone is 1. The van der Waals surface area contributed by atoms with E-state index in [1.807, 2.05) is 18.2 Å². The molecule has 1 aliphatic heterocycles. The lowest BCUT2D eigenvalue weighted by Gasteiger charge is -2.17. The maximum atomic E-state index is 13.6. The molecule has 0 aliphatic carbocycles. The van der Waals surface area contributed by atoms with Crippen LogP contribution in [-0.4, -0.2) is 32.7 Å². The van der Waals surface area contributed by atoms with Gasteiger partial charge in [0.1, 0.15) is 18.0 Å². The minimum atomic E-state index is -0.954. The number of hydrogen-bond donors (Lipinski definition) is 3. The van der Waals surface area contributed by atoms with Gasteiger partial charge in [-0.15, -0.1) is 11.8 Å². The van der Waals surface area contributed by atoms with Crippen molar-refractivity contribution in [3.05, 3.63) is 95.5 Å². The van der Waals surface area contributed by atoms with Crippen LogP contribution < -0.4 is 16.4 Å². The van der Waals surface area contributed by atoms with Crippen LogP contribution in [0, 0.1) is 11.6 Å². The van der Waals surface area contributed by atoms with E-state index in [9.17, 15) is 13.6 Å². The smallest absolute Gasteiger partial charge is 0.255 e. The summed E-state index contributed by atoms with van der Waals surface area (Å²) in [4.78, 5) is 26.8. The Labute approximate surface area is 216 Å². The number of pyridine rings is 1. The van der Waals surface area contributed by atoms with Gasteiger partial charge in [-0.3, -0.25) is 4.79 Å². The van der Waals surface area contributed by atoms with Crippen molar-refractivity contribution < 1.29 is 13.6 Å². The standard InChI is InChI=1S/C27H24F2N6OS/c1-15(16-4-7-21(28)22(29)12-16)35-27(36)19-3-2-10-31-26(19)32-13-18-6-9-24(37-18)17-5-8-23-20(11-17)25(30)34-14-33-23/h2-5,7-12,14-15,18H,6,13H2,1H3,(H,31,32)(H,35,36)(H2,30,33,34)/t15-,18?/m0/s1. The monoisotopic (exact) mass is 518 g/mol. The van der Waals surface area contributed by atoms with Gasteiger partial charge in [-0.05, 0) is 60.9 Å². The van der Waals surface area contributed by atoms with Crippen molar-refractivity contribution in [3.8, 4) is 0 Å². The normalized spacial score (nSPS) is 15.9. The van der Waals surface area contributed by atoms with Crippen molar-refractivity contribution >= 4 is 45.1 Å². The molecule has 4 aromatic rings. The van der Waals surface area contributed by atoms with Gasteiger partial charge in [-0.1, -0.05) is 18.2 Å². The SMILES string of the molecule is C[C@H](NC(=O)c1cccnc1NCC1CC=C(c2ccc3ncnc(N)c3c2)S1)c1ccc(F)c(F)c1. The van der Waals surface area contributed by atoms with Gasteiger partial charge in [0.15, 0.2) is 11.6 Å². The van der Waals surface area contributed by atoms with E-state index in [-0.39, 0.29) is 11.2 Å². The first-order valence-electron chi connectivity index (χ1n) is 11.7. The number of nitrogen functional groups attached to an aromatic ring is 1. The number of thioether (sulfide) groups is 1. The second-order valence-electron chi connectivity index (χ2n) is 8.68. The number of carbonyl (C=O) groups is 1. The highest BCUT2D eigenvalue weighted by molar-refractivity contribution is 8.09. The topological polar surface area (TPSA) is 106 Å². The van der Waals surface area contributed by atoms with Crippen molar-refractivity contribution in [1.82, 2.24) is 20.3 Å². The maximum absolute atomic E-state index is 13.6. The molecule has 0 fully saturated rings.